The van der Waals surface area contributed by atoms with Crippen LogP contribution in [0.3, 0.4) is 0 Å². The van der Waals surface area contributed by atoms with Crippen molar-refractivity contribution in [3.8, 4) is 11.5 Å². The van der Waals surface area contributed by atoms with Gasteiger partial charge >= 0.3 is 0 Å². The maximum absolute atomic E-state index is 13.0. The molecule has 0 atom stereocenters. The van der Waals surface area contributed by atoms with Crippen LogP contribution in [0, 0.1) is 0 Å². The number of nitrogens with zero attached hydrogens (tertiary/aromatic N) is 2. The van der Waals surface area contributed by atoms with Gasteiger partial charge in [0.2, 0.25) is 0 Å². The molecular weight excluding hydrogens is 488 g/mol. The normalized spacial score (nSPS) is 13.9. The fourth-order valence-electron chi connectivity index (χ4n) is 4.50. The highest BCUT2D eigenvalue weighted by Gasteiger charge is 2.17. The molecule has 0 saturated carbocycles. The molecule has 4 rings (SSSR count). The van der Waals surface area contributed by atoms with Crippen molar-refractivity contribution in [1.82, 2.24) is 14.8 Å². The quantitative estimate of drug-likeness (QED) is 0.385. The van der Waals surface area contributed by atoms with E-state index >= 15 is 0 Å². The monoisotopic (exact) mass is 524 g/mol. The van der Waals surface area contributed by atoms with Gasteiger partial charge in [0.05, 0.1) is 39.7 Å². The van der Waals surface area contributed by atoms with Crippen molar-refractivity contribution in [3.63, 3.8) is 0 Å². The number of ether oxygens (including phenoxy) is 3. The Labute approximate surface area is 223 Å². The number of benzene rings is 2. The van der Waals surface area contributed by atoms with Crippen LogP contribution in [0.4, 0.5) is 5.69 Å². The van der Waals surface area contributed by atoms with Crippen LogP contribution in [0.1, 0.15) is 24.5 Å². The predicted molar refractivity (Wildman–Crippen MR) is 152 cm³/mol. The summed E-state index contributed by atoms with van der Waals surface area (Å²) in [6.07, 6.45) is 1.85. The maximum atomic E-state index is 13.0. The number of hydrogen-bond acceptors (Lipinski definition) is 6. The van der Waals surface area contributed by atoms with Crippen LogP contribution in [0.25, 0.3) is 10.9 Å². The van der Waals surface area contributed by atoms with Gasteiger partial charge in [-0.3, -0.25) is 9.69 Å². The zero-order chi connectivity index (χ0) is 26.2. The molecule has 1 saturated heterocycles. The second-order valence-electron chi connectivity index (χ2n) is 9.12. The summed E-state index contributed by atoms with van der Waals surface area (Å²) in [7, 11) is 3.23. The summed E-state index contributed by atoms with van der Waals surface area (Å²) < 4.78 is 16.3. The highest BCUT2D eigenvalue weighted by molar-refractivity contribution is 7.80. The molecule has 3 aromatic rings. The second-order valence-corrected chi connectivity index (χ2v) is 9.51. The largest absolute Gasteiger partial charge is 0.497 e. The maximum Gasteiger partial charge on any atom is 0.253 e. The van der Waals surface area contributed by atoms with E-state index < -0.39 is 0 Å². The van der Waals surface area contributed by atoms with E-state index in [1.807, 2.05) is 30.3 Å². The van der Waals surface area contributed by atoms with Crippen LogP contribution in [-0.4, -0.2) is 73.5 Å². The topological polar surface area (TPSA) is 79.1 Å². The highest BCUT2D eigenvalue weighted by Crippen LogP contribution is 2.29. The molecule has 1 fully saturated rings. The summed E-state index contributed by atoms with van der Waals surface area (Å²) in [5.41, 5.74) is 3.40. The lowest BCUT2D eigenvalue weighted by Crippen LogP contribution is -2.40. The molecule has 0 aliphatic carbocycles. The van der Waals surface area contributed by atoms with Crippen molar-refractivity contribution < 1.29 is 14.2 Å². The van der Waals surface area contributed by atoms with Gasteiger partial charge in [0.1, 0.15) is 11.5 Å². The highest BCUT2D eigenvalue weighted by atomic mass is 32.1. The number of rotatable bonds is 10. The summed E-state index contributed by atoms with van der Waals surface area (Å²) in [4.78, 5) is 20.5. The van der Waals surface area contributed by atoms with E-state index in [2.05, 4.69) is 39.2 Å². The summed E-state index contributed by atoms with van der Waals surface area (Å²) in [5, 5.41) is 4.89. The number of hydrogen-bond donors (Lipinski definition) is 2. The van der Waals surface area contributed by atoms with Gasteiger partial charge in [-0.05, 0) is 66.3 Å². The summed E-state index contributed by atoms with van der Waals surface area (Å²) in [5.74, 6) is 1.33. The molecule has 9 heteroatoms. The zero-order valence-corrected chi connectivity index (χ0v) is 22.7. The molecular formula is C28H36N4O4S. The van der Waals surface area contributed by atoms with Crippen LogP contribution in [0.5, 0.6) is 11.5 Å². The lowest BCUT2D eigenvalue weighted by atomic mass is 10.1. The van der Waals surface area contributed by atoms with Gasteiger partial charge in [-0.1, -0.05) is 13.0 Å². The average molecular weight is 525 g/mol. The second kappa shape index (κ2) is 12.9. The van der Waals surface area contributed by atoms with Gasteiger partial charge in [0.25, 0.3) is 5.56 Å². The number of pyridine rings is 1. The molecule has 1 aliphatic heterocycles. The Kier molecular flexibility index (Phi) is 9.38. The summed E-state index contributed by atoms with van der Waals surface area (Å²) >= 11 is 5.86. The van der Waals surface area contributed by atoms with E-state index in [0.717, 1.165) is 62.3 Å². The fraction of sp³-hybridized carbons (Fsp3) is 0.429. The van der Waals surface area contributed by atoms with Gasteiger partial charge in [-0.25, -0.2) is 0 Å². The smallest absolute Gasteiger partial charge is 0.253 e. The number of nitrogens with one attached hydrogen (secondary N) is 2. The first-order valence-corrected chi connectivity index (χ1v) is 13.1. The molecule has 37 heavy (non-hydrogen) atoms. The molecule has 1 aliphatic rings. The van der Waals surface area contributed by atoms with Crippen molar-refractivity contribution in [2.24, 2.45) is 0 Å². The fourth-order valence-corrected chi connectivity index (χ4v) is 4.77. The van der Waals surface area contributed by atoms with Crippen LogP contribution in [0.2, 0.25) is 0 Å². The van der Waals surface area contributed by atoms with Gasteiger partial charge in [0, 0.05) is 43.3 Å². The Bertz CT molecular complexity index is 1270. The van der Waals surface area contributed by atoms with E-state index in [1.165, 1.54) is 5.56 Å². The molecule has 0 amide bonds. The molecule has 0 bridgehead atoms. The lowest BCUT2D eigenvalue weighted by Gasteiger charge is -2.29. The molecule has 2 aromatic carbocycles. The Morgan fingerprint density at radius 2 is 1.95 bits per heavy atom. The van der Waals surface area contributed by atoms with Crippen LogP contribution >= 0.6 is 12.2 Å². The lowest BCUT2D eigenvalue weighted by molar-refractivity contribution is 0.0367. The standard InChI is InChI=1S/C28H36N4O4S/c1-4-20-6-8-24-21(16-20)17-22(27(33)29-24)19-32(11-5-10-31-12-14-36-15-13-31)28(37)30-25-9-7-23(34-2)18-26(25)35-3/h6-9,16-18H,4-5,10-15,19H2,1-3H3,(H,29,33)(H,30,37). The van der Waals surface area contributed by atoms with Crippen LogP contribution in [-0.2, 0) is 17.7 Å². The first-order chi connectivity index (χ1) is 18.0. The zero-order valence-electron chi connectivity index (χ0n) is 21.8. The van der Waals surface area contributed by atoms with Gasteiger partial charge < -0.3 is 29.4 Å². The van der Waals surface area contributed by atoms with Gasteiger partial charge in [-0.15, -0.1) is 0 Å². The molecule has 0 radical (unpaired) electrons. The minimum absolute atomic E-state index is 0.0974. The van der Waals surface area contributed by atoms with Crippen molar-refractivity contribution >= 4 is 33.9 Å². The Morgan fingerprint density at radius 1 is 1.14 bits per heavy atom. The van der Waals surface area contributed by atoms with E-state index in [-0.39, 0.29) is 5.56 Å². The first kappa shape index (κ1) is 26.9. The predicted octanol–water partition coefficient (Wildman–Crippen LogP) is 4.03. The van der Waals surface area contributed by atoms with E-state index in [1.54, 1.807) is 14.2 Å². The number of morpholine rings is 1. The number of aromatic nitrogens is 1. The van der Waals surface area contributed by atoms with Crippen molar-refractivity contribution in [2.45, 2.75) is 26.3 Å². The number of aryl methyl sites for hydroxylation is 1. The van der Waals surface area contributed by atoms with E-state index in [0.29, 0.717) is 35.3 Å². The molecule has 198 valence electrons. The minimum Gasteiger partial charge on any atom is -0.497 e. The van der Waals surface area contributed by atoms with Crippen molar-refractivity contribution in [1.29, 1.82) is 0 Å². The average Bonchev–Trinajstić information content (AvgIpc) is 2.93. The number of fused-ring (bicyclic) bond motifs is 1. The third-order valence-electron chi connectivity index (χ3n) is 6.70. The molecule has 2 heterocycles. The number of aromatic amines is 1. The molecule has 0 spiro atoms. The van der Waals surface area contributed by atoms with Gasteiger partial charge in [0.15, 0.2) is 5.11 Å². The number of anilines is 1. The molecule has 2 N–H and O–H groups in total. The third kappa shape index (κ3) is 7.00. The Hall–Kier alpha value is -3.14. The van der Waals surface area contributed by atoms with E-state index in [4.69, 9.17) is 26.4 Å². The molecule has 8 nitrogen and oxygen atoms in total. The first-order valence-electron chi connectivity index (χ1n) is 12.7. The van der Waals surface area contributed by atoms with Gasteiger partial charge in [-0.2, -0.15) is 0 Å². The number of methoxy groups -OCH3 is 2. The summed E-state index contributed by atoms with van der Waals surface area (Å²) in [6, 6.07) is 13.7. The van der Waals surface area contributed by atoms with Crippen LogP contribution in [0.15, 0.2) is 47.3 Å². The van der Waals surface area contributed by atoms with Crippen LogP contribution < -0.4 is 20.3 Å². The number of H-pyrrole nitrogens is 1. The SMILES string of the molecule is CCc1ccc2[nH]c(=O)c(CN(CCCN3CCOCC3)C(=S)Nc3ccc(OC)cc3OC)cc2c1. The minimum atomic E-state index is -0.0974. The molecule has 0 unspecified atom stereocenters. The van der Waals surface area contributed by atoms with E-state index in [9.17, 15) is 4.79 Å². The van der Waals surface area contributed by atoms with Crippen molar-refractivity contribution in [3.05, 3.63) is 63.9 Å². The Balaban J connectivity index is 1.55. The summed E-state index contributed by atoms with van der Waals surface area (Å²) in [6.45, 7) is 7.60. The van der Waals surface area contributed by atoms with Crippen molar-refractivity contribution in [2.75, 3.05) is 58.9 Å². The molecule has 1 aromatic heterocycles. The number of thiocarbonyl (C=S) groups is 1. The Morgan fingerprint density at radius 3 is 2.68 bits per heavy atom. The third-order valence-corrected chi connectivity index (χ3v) is 7.06.